The average Bonchev–Trinajstić information content (AvgIpc) is 2.89. The lowest BCUT2D eigenvalue weighted by Gasteiger charge is -2.36. The summed E-state index contributed by atoms with van der Waals surface area (Å²) in [6.45, 7) is 12.1. The van der Waals surface area contributed by atoms with Gasteiger partial charge in [0.05, 0.1) is 17.0 Å². The SMILES string of the molecule is CC(C)(C)[Si](C)(C)OCc1cccc(-c2cncs2)c1. The molecule has 0 amide bonds. The van der Waals surface area contributed by atoms with Gasteiger partial charge >= 0.3 is 0 Å². The third-order valence-electron chi connectivity index (χ3n) is 4.05. The van der Waals surface area contributed by atoms with Gasteiger partial charge in [-0.15, -0.1) is 11.3 Å². The topological polar surface area (TPSA) is 22.1 Å². The molecule has 0 unspecified atom stereocenters. The molecular formula is C16H23NOSSi. The van der Waals surface area contributed by atoms with Crippen LogP contribution in [-0.4, -0.2) is 13.3 Å². The summed E-state index contributed by atoms with van der Waals surface area (Å²) in [6, 6.07) is 8.57. The summed E-state index contributed by atoms with van der Waals surface area (Å²) in [4.78, 5) is 5.35. The average molecular weight is 306 g/mol. The van der Waals surface area contributed by atoms with E-state index in [1.54, 1.807) is 11.3 Å². The first kappa shape index (κ1) is 15.4. The zero-order valence-electron chi connectivity index (χ0n) is 12.9. The zero-order valence-corrected chi connectivity index (χ0v) is 14.8. The van der Waals surface area contributed by atoms with Crippen LogP contribution in [0.25, 0.3) is 10.4 Å². The summed E-state index contributed by atoms with van der Waals surface area (Å²) in [7, 11) is -1.68. The Morgan fingerprint density at radius 2 is 2.00 bits per heavy atom. The Hall–Kier alpha value is -0.973. The highest BCUT2D eigenvalue weighted by Gasteiger charge is 2.36. The molecule has 1 aromatic heterocycles. The van der Waals surface area contributed by atoms with Crippen molar-refractivity contribution < 1.29 is 4.43 Å². The van der Waals surface area contributed by atoms with Gasteiger partial charge in [-0.25, -0.2) is 0 Å². The second-order valence-corrected chi connectivity index (χ2v) is 12.3. The number of thiazole rings is 1. The summed E-state index contributed by atoms with van der Waals surface area (Å²) in [5, 5.41) is 0.252. The smallest absolute Gasteiger partial charge is 0.192 e. The first-order valence-corrected chi connectivity index (χ1v) is 10.7. The molecule has 0 saturated carbocycles. The van der Waals surface area contributed by atoms with Gasteiger partial charge in [-0.05, 0) is 35.3 Å². The molecule has 1 aromatic carbocycles. The Balaban J connectivity index is 2.10. The van der Waals surface area contributed by atoms with Crippen molar-refractivity contribution in [1.29, 1.82) is 0 Å². The first-order chi connectivity index (χ1) is 9.29. The van der Waals surface area contributed by atoms with Crippen LogP contribution >= 0.6 is 11.3 Å². The molecule has 20 heavy (non-hydrogen) atoms. The zero-order chi connectivity index (χ0) is 14.8. The highest BCUT2D eigenvalue weighted by molar-refractivity contribution is 7.13. The van der Waals surface area contributed by atoms with E-state index in [0.29, 0.717) is 6.61 Å². The molecule has 0 aliphatic heterocycles. The van der Waals surface area contributed by atoms with E-state index >= 15 is 0 Å². The molecule has 0 aliphatic carbocycles. The fraction of sp³-hybridized carbons (Fsp3) is 0.438. The summed E-state index contributed by atoms with van der Waals surface area (Å²) < 4.78 is 6.28. The van der Waals surface area contributed by atoms with Crippen molar-refractivity contribution in [1.82, 2.24) is 4.98 Å². The standard InChI is InChI=1S/C16H23NOSSi/c1-16(2,3)20(4,5)18-11-13-7-6-8-14(9-13)15-10-17-12-19-15/h6-10,12H,11H2,1-5H3. The molecule has 0 bridgehead atoms. The van der Waals surface area contributed by atoms with Crippen LogP contribution in [0.4, 0.5) is 0 Å². The third kappa shape index (κ3) is 3.56. The van der Waals surface area contributed by atoms with Crippen molar-refractivity contribution in [3.63, 3.8) is 0 Å². The molecule has 4 heteroatoms. The van der Waals surface area contributed by atoms with Crippen molar-refractivity contribution in [2.45, 2.75) is 45.5 Å². The number of nitrogens with zero attached hydrogens (tertiary/aromatic N) is 1. The third-order valence-corrected chi connectivity index (χ3v) is 9.35. The van der Waals surface area contributed by atoms with Crippen LogP contribution in [0.5, 0.6) is 0 Å². The number of hydrogen-bond acceptors (Lipinski definition) is 3. The fourth-order valence-corrected chi connectivity index (χ4v) is 3.23. The Kier molecular flexibility index (Phi) is 4.47. The van der Waals surface area contributed by atoms with Gasteiger partial charge in [-0.3, -0.25) is 4.98 Å². The lowest BCUT2D eigenvalue weighted by atomic mass is 10.1. The second kappa shape index (κ2) is 5.80. The Labute approximate surface area is 127 Å². The molecule has 0 saturated heterocycles. The number of rotatable bonds is 4. The van der Waals surface area contributed by atoms with E-state index in [1.807, 2.05) is 11.7 Å². The Morgan fingerprint density at radius 3 is 2.60 bits per heavy atom. The molecule has 1 heterocycles. The molecule has 2 nitrogen and oxygen atoms in total. The fourth-order valence-electron chi connectivity index (χ4n) is 1.65. The van der Waals surface area contributed by atoms with Gasteiger partial charge in [0, 0.05) is 6.20 Å². The molecule has 0 N–H and O–H groups in total. The lowest BCUT2D eigenvalue weighted by Crippen LogP contribution is -2.40. The van der Waals surface area contributed by atoms with Crippen LogP contribution in [0.15, 0.2) is 36.0 Å². The van der Waals surface area contributed by atoms with Gasteiger partial charge in [-0.1, -0.05) is 39.0 Å². The quantitative estimate of drug-likeness (QED) is 0.712. The van der Waals surface area contributed by atoms with E-state index in [0.717, 1.165) is 0 Å². The van der Waals surface area contributed by atoms with Crippen molar-refractivity contribution in [3.8, 4) is 10.4 Å². The molecule has 0 spiro atoms. The maximum Gasteiger partial charge on any atom is 0.192 e. The lowest BCUT2D eigenvalue weighted by molar-refractivity contribution is 0.276. The van der Waals surface area contributed by atoms with E-state index in [4.69, 9.17) is 4.43 Å². The van der Waals surface area contributed by atoms with E-state index < -0.39 is 8.32 Å². The van der Waals surface area contributed by atoms with Gasteiger partial charge in [-0.2, -0.15) is 0 Å². The van der Waals surface area contributed by atoms with Crippen molar-refractivity contribution >= 4 is 19.7 Å². The number of benzene rings is 1. The minimum Gasteiger partial charge on any atom is -0.413 e. The maximum absolute atomic E-state index is 6.28. The van der Waals surface area contributed by atoms with Gasteiger partial charge in [0.15, 0.2) is 8.32 Å². The van der Waals surface area contributed by atoms with Crippen molar-refractivity contribution in [3.05, 3.63) is 41.5 Å². The minimum absolute atomic E-state index is 0.252. The summed E-state index contributed by atoms with van der Waals surface area (Å²) in [5.41, 5.74) is 4.33. The molecular weight excluding hydrogens is 282 g/mol. The highest BCUT2D eigenvalue weighted by atomic mass is 32.1. The van der Waals surface area contributed by atoms with Crippen LogP contribution in [0, 0.1) is 0 Å². The number of hydrogen-bond donors (Lipinski definition) is 0. The molecule has 108 valence electrons. The monoisotopic (exact) mass is 305 g/mol. The molecule has 2 aromatic rings. The van der Waals surface area contributed by atoms with Gasteiger partial charge in [0.2, 0.25) is 0 Å². The normalized spacial score (nSPS) is 12.7. The van der Waals surface area contributed by atoms with Gasteiger partial charge < -0.3 is 4.43 Å². The maximum atomic E-state index is 6.28. The minimum atomic E-state index is -1.68. The summed E-state index contributed by atoms with van der Waals surface area (Å²) in [6.07, 6.45) is 1.92. The van der Waals surface area contributed by atoms with Crippen LogP contribution in [0.1, 0.15) is 26.3 Å². The van der Waals surface area contributed by atoms with Gasteiger partial charge in [0.1, 0.15) is 0 Å². The van der Waals surface area contributed by atoms with E-state index in [9.17, 15) is 0 Å². The van der Waals surface area contributed by atoms with E-state index in [1.165, 1.54) is 16.0 Å². The highest BCUT2D eigenvalue weighted by Crippen LogP contribution is 2.37. The predicted molar refractivity (Wildman–Crippen MR) is 89.5 cm³/mol. The molecule has 2 rings (SSSR count). The Bertz CT molecular complexity index is 558. The van der Waals surface area contributed by atoms with Gasteiger partial charge in [0.25, 0.3) is 0 Å². The van der Waals surface area contributed by atoms with Crippen LogP contribution in [-0.2, 0) is 11.0 Å². The summed E-state index contributed by atoms with van der Waals surface area (Å²) in [5.74, 6) is 0. The second-order valence-electron chi connectivity index (χ2n) is 6.62. The van der Waals surface area contributed by atoms with E-state index in [-0.39, 0.29) is 5.04 Å². The van der Waals surface area contributed by atoms with E-state index in [2.05, 4.69) is 63.1 Å². The molecule has 0 aliphatic rings. The number of aromatic nitrogens is 1. The molecule has 0 fully saturated rings. The van der Waals surface area contributed by atoms with Crippen LogP contribution in [0.3, 0.4) is 0 Å². The van der Waals surface area contributed by atoms with Crippen molar-refractivity contribution in [2.24, 2.45) is 0 Å². The molecule has 0 atom stereocenters. The largest absolute Gasteiger partial charge is 0.413 e. The van der Waals surface area contributed by atoms with Crippen LogP contribution in [0.2, 0.25) is 18.1 Å². The predicted octanol–water partition coefficient (Wildman–Crippen LogP) is 5.33. The first-order valence-electron chi connectivity index (χ1n) is 6.91. The summed E-state index contributed by atoms with van der Waals surface area (Å²) >= 11 is 1.67. The van der Waals surface area contributed by atoms with Crippen molar-refractivity contribution in [2.75, 3.05) is 0 Å². The van der Waals surface area contributed by atoms with Crippen LogP contribution < -0.4 is 0 Å². The molecule has 0 radical (unpaired) electrons. The Morgan fingerprint density at radius 1 is 1.25 bits per heavy atom.